The van der Waals surface area contributed by atoms with Crippen molar-refractivity contribution in [1.29, 1.82) is 0 Å². The van der Waals surface area contributed by atoms with E-state index in [-0.39, 0.29) is 18.2 Å². The number of hydrogen-bond acceptors (Lipinski definition) is 4. The van der Waals surface area contributed by atoms with Gasteiger partial charge in [-0.25, -0.2) is 9.88 Å². The van der Waals surface area contributed by atoms with E-state index in [1.54, 1.807) is 24.4 Å². The van der Waals surface area contributed by atoms with Gasteiger partial charge >= 0.3 is 0 Å². The van der Waals surface area contributed by atoms with Crippen LogP contribution in [-0.2, 0) is 9.59 Å². The average Bonchev–Trinajstić information content (AvgIpc) is 2.75. The van der Waals surface area contributed by atoms with E-state index in [0.717, 1.165) is 5.03 Å². The maximum Gasteiger partial charge on any atom is 0.247 e. The summed E-state index contributed by atoms with van der Waals surface area (Å²) in [7, 11) is 0. The third kappa shape index (κ3) is 3.04. The summed E-state index contributed by atoms with van der Waals surface area (Å²) in [6, 6.07) is 10.5. The molecule has 1 fully saturated rings. The molecule has 0 saturated carbocycles. The number of benzene rings is 1. The van der Waals surface area contributed by atoms with E-state index in [0.29, 0.717) is 15.2 Å². The number of amides is 2. The summed E-state index contributed by atoms with van der Waals surface area (Å²) >= 11 is 10.6. The Kier molecular flexibility index (Phi) is 4.52. The molecule has 0 spiro atoms. The fourth-order valence-electron chi connectivity index (χ4n) is 2.17. The van der Waals surface area contributed by atoms with Crippen LogP contribution in [0.2, 0.25) is 5.02 Å². The third-order valence-corrected chi connectivity index (χ3v) is 5.16. The highest BCUT2D eigenvalue weighted by atomic mass is 79.9. The van der Waals surface area contributed by atoms with E-state index in [4.69, 9.17) is 11.6 Å². The summed E-state index contributed by atoms with van der Waals surface area (Å²) in [6.45, 7) is 0. The van der Waals surface area contributed by atoms with Crippen molar-refractivity contribution in [2.75, 3.05) is 4.90 Å². The van der Waals surface area contributed by atoms with Crippen molar-refractivity contribution in [1.82, 2.24) is 4.98 Å². The lowest BCUT2D eigenvalue weighted by molar-refractivity contribution is -0.121. The molecule has 1 aliphatic rings. The molecule has 0 radical (unpaired) electrons. The van der Waals surface area contributed by atoms with Crippen LogP contribution in [0, 0.1) is 0 Å². The van der Waals surface area contributed by atoms with Gasteiger partial charge in [-0.1, -0.05) is 29.4 Å². The SMILES string of the molecule is O=C1C[C@H](Sc2ccccn2)C(=O)N1c1ccc(Cl)cc1Br. The number of imide groups is 1. The smallest absolute Gasteiger partial charge is 0.247 e. The fourth-order valence-corrected chi connectivity index (χ4v) is 4.04. The second-order valence-electron chi connectivity index (χ2n) is 4.64. The van der Waals surface area contributed by atoms with E-state index in [2.05, 4.69) is 20.9 Å². The second-order valence-corrected chi connectivity index (χ2v) is 7.16. The third-order valence-electron chi connectivity index (χ3n) is 3.16. The van der Waals surface area contributed by atoms with Crippen LogP contribution < -0.4 is 4.90 Å². The Morgan fingerprint density at radius 1 is 1.27 bits per heavy atom. The van der Waals surface area contributed by atoms with Gasteiger partial charge in [0.2, 0.25) is 11.8 Å². The Morgan fingerprint density at radius 2 is 2.09 bits per heavy atom. The highest BCUT2D eigenvalue weighted by Crippen LogP contribution is 2.36. The molecule has 1 saturated heterocycles. The van der Waals surface area contributed by atoms with Crippen LogP contribution >= 0.6 is 39.3 Å². The van der Waals surface area contributed by atoms with Crippen molar-refractivity contribution < 1.29 is 9.59 Å². The zero-order valence-corrected chi connectivity index (χ0v) is 14.4. The second kappa shape index (κ2) is 6.40. The molecule has 7 heteroatoms. The van der Waals surface area contributed by atoms with E-state index >= 15 is 0 Å². The molecule has 1 aliphatic heterocycles. The van der Waals surface area contributed by atoms with Crippen molar-refractivity contribution in [2.45, 2.75) is 16.7 Å². The van der Waals surface area contributed by atoms with Gasteiger partial charge in [0.1, 0.15) is 0 Å². The molecule has 3 rings (SSSR count). The summed E-state index contributed by atoms with van der Waals surface area (Å²) in [5, 5.41) is 0.810. The number of halogens is 2. The van der Waals surface area contributed by atoms with Crippen molar-refractivity contribution in [3.63, 3.8) is 0 Å². The summed E-state index contributed by atoms with van der Waals surface area (Å²) in [4.78, 5) is 30.2. The van der Waals surface area contributed by atoms with Crippen LogP contribution in [0.3, 0.4) is 0 Å². The van der Waals surface area contributed by atoms with E-state index < -0.39 is 5.25 Å². The van der Waals surface area contributed by atoms with E-state index in [1.165, 1.54) is 16.7 Å². The molecule has 0 bridgehead atoms. The van der Waals surface area contributed by atoms with Gasteiger partial charge in [-0.2, -0.15) is 0 Å². The first-order valence-electron chi connectivity index (χ1n) is 6.46. The molecule has 1 aromatic heterocycles. The van der Waals surface area contributed by atoms with Crippen LogP contribution in [0.4, 0.5) is 5.69 Å². The number of nitrogens with zero attached hydrogens (tertiary/aromatic N) is 2. The maximum atomic E-state index is 12.6. The van der Waals surface area contributed by atoms with Crippen LogP contribution in [0.1, 0.15) is 6.42 Å². The summed E-state index contributed by atoms with van der Waals surface area (Å²) < 4.78 is 0.616. The molecule has 1 atom stereocenters. The first-order chi connectivity index (χ1) is 10.6. The molecular formula is C15H10BrClN2O2S. The zero-order valence-electron chi connectivity index (χ0n) is 11.2. The Morgan fingerprint density at radius 3 is 2.77 bits per heavy atom. The molecule has 2 amide bonds. The lowest BCUT2D eigenvalue weighted by atomic mass is 10.3. The number of thioether (sulfide) groups is 1. The van der Waals surface area contributed by atoms with E-state index in [1.807, 2.05) is 18.2 Å². The Balaban J connectivity index is 1.85. The zero-order chi connectivity index (χ0) is 15.7. The molecule has 0 N–H and O–H groups in total. The Hall–Kier alpha value is -1.37. The number of aromatic nitrogens is 1. The van der Waals surface area contributed by atoms with Crippen LogP contribution in [-0.4, -0.2) is 22.0 Å². The fraction of sp³-hybridized carbons (Fsp3) is 0.133. The Labute approximate surface area is 145 Å². The monoisotopic (exact) mass is 396 g/mol. The number of rotatable bonds is 3. The number of pyridine rings is 1. The van der Waals surface area contributed by atoms with Crippen molar-refractivity contribution >= 4 is 56.8 Å². The van der Waals surface area contributed by atoms with Crippen molar-refractivity contribution in [3.8, 4) is 0 Å². The number of hydrogen-bond donors (Lipinski definition) is 0. The van der Waals surface area contributed by atoms with Crippen molar-refractivity contribution in [3.05, 3.63) is 52.1 Å². The van der Waals surface area contributed by atoms with Crippen molar-refractivity contribution in [2.24, 2.45) is 0 Å². The predicted octanol–water partition coefficient (Wildman–Crippen LogP) is 3.92. The number of carbonyl (C=O) groups is 2. The van der Waals surface area contributed by atoms with Crippen LogP contribution in [0.15, 0.2) is 52.1 Å². The van der Waals surface area contributed by atoms with Gasteiger partial charge < -0.3 is 0 Å². The summed E-state index contributed by atoms with van der Waals surface area (Å²) in [5.41, 5.74) is 0.517. The molecule has 22 heavy (non-hydrogen) atoms. The minimum atomic E-state index is -0.454. The minimum Gasteiger partial charge on any atom is -0.274 e. The van der Waals surface area contributed by atoms with Gasteiger partial charge in [0, 0.05) is 22.1 Å². The van der Waals surface area contributed by atoms with Crippen LogP contribution in [0.5, 0.6) is 0 Å². The predicted molar refractivity (Wildman–Crippen MR) is 90.1 cm³/mol. The topological polar surface area (TPSA) is 50.3 Å². The molecule has 112 valence electrons. The van der Waals surface area contributed by atoms with E-state index in [9.17, 15) is 9.59 Å². The summed E-state index contributed by atoms with van der Waals surface area (Å²) in [5.74, 6) is -0.454. The molecule has 0 unspecified atom stereocenters. The van der Waals surface area contributed by atoms with Gasteiger partial charge in [0.15, 0.2) is 0 Å². The molecule has 0 aliphatic carbocycles. The molecule has 2 aromatic rings. The lowest BCUT2D eigenvalue weighted by Gasteiger charge is -2.16. The molecule has 1 aromatic carbocycles. The number of anilines is 1. The normalized spacial score (nSPS) is 18.1. The maximum absolute atomic E-state index is 12.6. The summed E-state index contributed by atoms with van der Waals surface area (Å²) in [6.07, 6.45) is 1.83. The minimum absolute atomic E-state index is 0.162. The Bertz CT molecular complexity index is 742. The van der Waals surface area contributed by atoms with Crippen LogP contribution in [0.25, 0.3) is 0 Å². The van der Waals surface area contributed by atoms with Gasteiger partial charge in [0.05, 0.1) is 16.0 Å². The average molecular weight is 398 g/mol. The highest BCUT2D eigenvalue weighted by Gasteiger charge is 2.41. The number of carbonyl (C=O) groups excluding carboxylic acids is 2. The largest absolute Gasteiger partial charge is 0.274 e. The molecule has 4 nitrogen and oxygen atoms in total. The first-order valence-corrected chi connectivity index (χ1v) is 8.51. The highest BCUT2D eigenvalue weighted by molar-refractivity contribution is 9.10. The first kappa shape index (κ1) is 15.5. The van der Waals surface area contributed by atoms with Gasteiger partial charge in [0.25, 0.3) is 0 Å². The van der Waals surface area contributed by atoms with Gasteiger partial charge in [-0.05, 0) is 46.3 Å². The standard InChI is InChI=1S/C15H10BrClN2O2S/c16-10-7-9(17)4-5-11(10)19-14(20)8-12(15(19)21)22-13-3-1-2-6-18-13/h1-7,12H,8H2/t12-/m0/s1. The molecular weight excluding hydrogens is 388 g/mol. The lowest BCUT2D eigenvalue weighted by Crippen LogP contribution is -2.31. The molecule has 2 heterocycles. The van der Waals surface area contributed by atoms with Gasteiger partial charge in [-0.3, -0.25) is 9.59 Å². The quantitative estimate of drug-likeness (QED) is 0.737. The van der Waals surface area contributed by atoms with Gasteiger partial charge in [-0.15, -0.1) is 0 Å².